The molecule has 0 bridgehead atoms. The van der Waals surface area contributed by atoms with Crippen LogP contribution < -0.4 is 5.73 Å². The fraction of sp³-hybridized carbons (Fsp3) is 0.267. The molecule has 0 aliphatic heterocycles. The second kappa shape index (κ2) is 5.51. The van der Waals surface area contributed by atoms with Crippen molar-refractivity contribution in [3.8, 4) is 0 Å². The Balaban J connectivity index is 2.29. The number of halogens is 1. The monoisotopic (exact) mass is 260 g/mol. The van der Waals surface area contributed by atoms with Crippen LogP contribution in [0.2, 0.25) is 5.02 Å². The maximum atomic E-state index is 6.23. The van der Waals surface area contributed by atoms with Gasteiger partial charge in [-0.2, -0.15) is 0 Å². The number of pyridine rings is 1. The summed E-state index contributed by atoms with van der Waals surface area (Å²) in [6.45, 7) is 4.35. The second-order valence-corrected chi connectivity index (χ2v) is 5.10. The van der Waals surface area contributed by atoms with Gasteiger partial charge in [0.1, 0.15) is 0 Å². The van der Waals surface area contributed by atoms with Crippen molar-refractivity contribution in [1.29, 1.82) is 0 Å². The summed E-state index contributed by atoms with van der Waals surface area (Å²) >= 11 is 6.11. The van der Waals surface area contributed by atoms with Crippen LogP contribution in [0.5, 0.6) is 0 Å². The number of hydrogen-bond acceptors (Lipinski definition) is 2. The van der Waals surface area contributed by atoms with Crippen LogP contribution in [0.1, 0.15) is 42.5 Å². The minimum atomic E-state index is -0.207. The summed E-state index contributed by atoms with van der Waals surface area (Å²) in [6.07, 6.45) is 3.34. The molecule has 0 saturated carbocycles. The number of hydrogen-bond donors (Lipinski definition) is 1. The Kier molecular flexibility index (Phi) is 4.00. The molecule has 2 nitrogen and oxygen atoms in total. The molecule has 0 amide bonds. The van der Waals surface area contributed by atoms with Crippen LogP contribution in [0.4, 0.5) is 0 Å². The summed E-state index contributed by atoms with van der Waals surface area (Å²) in [7, 11) is 0. The Morgan fingerprint density at radius 1 is 1.06 bits per heavy atom. The van der Waals surface area contributed by atoms with Crippen LogP contribution in [0, 0.1) is 0 Å². The minimum Gasteiger partial charge on any atom is -0.320 e. The number of benzene rings is 1. The number of nitrogens with two attached hydrogens (primary N) is 1. The SMILES string of the molecule is CC(C)c1ccc(C(N)c2ccncc2Cl)cc1. The zero-order valence-corrected chi connectivity index (χ0v) is 11.4. The second-order valence-electron chi connectivity index (χ2n) is 4.70. The predicted molar refractivity (Wildman–Crippen MR) is 75.8 cm³/mol. The lowest BCUT2D eigenvalue weighted by Crippen LogP contribution is -2.12. The van der Waals surface area contributed by atoms with E-state index in [1.54, 1.807) is 12.4 Å². The Hall–Kier alpha value is -1.38. The summed E-state index contributed by atoms with van der Waals surface area (Å²) < 4.78 is 0. The van der Waals surface area contributed by atoms with Crippen molar-refractivity contribution in [3.63, 3.8) is 0 Å². The molecule has 0 spiro atoms. The van der Waals surface area contributed by atoms with E-state index in [-0.39, 0.29) is 6.04 Å². The van der Waals surface area contributed by atoms with Crippen molar-refractivity contribution in [3.05, 3.63) is 64.4 Å². The maximum Gasteiger partial charge on any atom is 0.0640 e. The smallest absolute Gasteiger partial charge is 0.0640 e. The molecule has 0 radical (unpaired) electrons. The summed E-state index contributed by atoms with van der Waals surface area (Å²) in [5, 5.41) is 0.609. The first kappa shape index (κ1) is 13.1. The highest BCUT2D eigenvalue weighted by Gasteiger charge is 2.12. The van der Waals surface area contributed by atoms with Gasteiger partial charge in [0.25, 0.3) is 0 Å². The van der Waals surface area contributed by atoms with E-state index >= 15 is 0 Å². The van der Waals surface area contributed by atoms with E-state index in [1.165, 1.54) is 5.56 Å². The molecule has 1 aromatic carbocycles. The fourth-order valence-electron chi connectivity index (χ4n) is 1.91. The van der Waals surface area contributed by atoms with Gasteiger partial charge in [-0.15, -0.1) is 0 Å². The van der Waals surface area contributed by atoms with Crippen molar-refractivity contribution >= 4 is 11.6 Å². The van der Waals surface area contributed by atoms with Gasteiger partial charge < -0.3 is 5.73 Å². The molecule has 0 saturated heterocycles. The lowest BCUT2D eigenvalue weighted by molar-refractivity contribution is 0.846. The van der Waals surface area contributed by atoms with Crippen molar-refractivity contribution in [2.45, 2.75) is 25.8 Å². The molecular formula is C15H17ClN2. The third-order valence-electron chi connectivity index (χ3n) is 3.10. The van der Waals surface area contributed by atoms with E-state index < -0.39 is 0 Å². The van der Waals surface area contributed by atoms with E-state index in [0.717, 1.165) is 11.1 Å². The van der Waals surface area contributed by atoms with Crippen molar-refractivity contribution < 1.29 is 0 Å². The lowest BCUT2D eigenvalue weighted by atomic mass is 9.96. The molecule has 2 rings (SSSR count). The van der Waals surface area contributed by atoms with E-state index in [1.807, 2.05) is 6.07 Å². The molecule has 2 aromatic rings. The van der Waals surface area contributed by atoms with Gasteiger partial charge in [-0.1, -0.05) is 49.7 Å². The first-order chi connectivity index (χ1) is 8.59. The average molecular weight is 261 g/mol. The van der Waals surface area contributed by atoms with Gasteiger partial charge in [0, 0.05) is 12.4 Å². The topological polar surface area (TPSA) is 38.9 Å². The van der Waals surface area contributed by atoms with E-state index in [0.29, 0.717) is 10.9 Å². The molecule has 1 heterocycles. The third-order valence-corrected chi connectivity index (χ3v) is 3.42. The molecule has 3 heteroatoms. The molecule has 1 atom stereocenters. The highest BCUT2D eigenvalue weighted by atomic mass is 35.5. The van der Waals surface area contributed by atoms with Gasteiger partial charge in [-0.3, -0.25) is 4.98 Å². The normalized spacial score (nSPS) is 12.7. The summed E-state index contributed by atoms with van der Waals surface area (Å²) in [6, 6.07) is 10.0. The molecule has 1 aromatic heterocycles. The highest BCUT2D eigenvalue weighted by molar-refractivity contribution is 6.31. The van der Waals surface area contributed by atoms with Gasteiger partial charge >= 0.3 is 0 Å². The Bertz CT molecular complexity index is 520. The van der Waals surface area contributed by atoms with E-state index in [2.05, 4.69) is 43.1 Å². The maximum absolute atomic E-state index is 6.23. The predicted octanol–water partition coefficient (Wildman–Crippen LogP) is 3.91. The first-order valence-corrected chi connectivity index (χ1v) is 6.42. The van der Waals surface area contributed by atoms with Gasteiger partial charge in [-0.25, -0.2) is 0 Å². The van der Waals surface area contributed by atoms with Crippen LogP contribution in [0.25, 0.3) is 0 Å². The molecule has 2 N–H and O–H groups in total. The Morgan fingerprint density at radius 2 is 1.67 bits per heavy atom. The van der Waals surface area contributed by atoms with Crippen LogP contribution >= 0.6 is 11.6 Å². The Morgan fingerprint density at radius 3 is 2.22 bits per heavy atom. The third kappa shape index (κ3) is 2.71. The minimum absolute atomic E-state index is 0.207. The molecule has 1 unspecified atom stereocenters. The van der Waals surface area contributed by atoms with Crippen molar-refractivity contribution in [2.24, 2.45) is 5.73 Å². The van der Waals surface area contributed by atoms with Gasteiger partial charge in [0.15, 0.2) is 0 Å². The highest BCUT2D eigenvalue weighted by Crippen LogP contribution is 2.26. The van der Waals surface area contributed by atoms with E-state index in [4.69, 9.17) is 17.3 Å². The number of nitrogens with zero attached hydrogens (tertiary/aromatic N) is 1. The molecule has 94 valence electrons. The standard InChI is InChI=1S/C15H17ClN2/c1-10(2)11-3-5-12(6-4-11)15(17)13-7-8-18-9-14(13)16/h3-10,15H,17H2,1-2H3. The molecule has 0 aliphatic rings. The van der Waals surface area contributed by atoms with Gasteiger partial charge in [0.2, 0.25) is 0 Å². The van der Waals surface area contributed by atoms with Crippen LogP contribution in [0.3, 0.4) is 0 Å². The first-order valence-electron chi connectivity index (χ1n) is 6.04. The zero-order valence-electron chi connectivity index (χ0n) is 10.6. The average Bonchev–Trinajstić information content (AvgIpc) is 2.38. The summed E-state index contributed by atoms with van der Waals surface area (Å²) in [4.78, 5) is 3.97. The molecular weight excluding hydrogens is 244 g/mol. The zero-order chi connectivity index (χ0) is 13.1. The largest absolute Gasteiger partial charge is 0.320 e. The number of aromatic nitrogens is 1. The van der Waals surface area contributed by atoms with Gasteiger partial charge in [-0.05, 0) is 28.7 Å². The molecule has 0 aliphatic carbocycles. The van der Waals surface area contributed by atoms with Crippen LogP contribution in [0.15, 0.2) is 42.7 Å². The van der Waals surface area contributed by atoms with Crippen LogP contribution in [-0.4, -0.2) is 4.98 Å². The quantitative estimate of drug-likeness (QED) is 0.909. The van der Waals surface area contributed by atoms with E-state index in [9.17, 15) is 0 Å². The van der Waals surface area contributed by atoms with Crippen molar-refractivity contribution in [2.75, 3.05) is 0 Å². The molecule has 0 fully saturated rings. The van der Waals surface area contributed by atoms with Crippen LogP contribution in [-0.2, 0) is 0 Å². The van der Waals surface area contributed by atoms with Crippen molar-refractivity contribution in [1.82, 2.24) is 4.98 Å². The summed E-state index contributed by atoms with van der Waals surface area (Å²) in [5.74, 6) is 0.528. The summed E-state index contributed by atoms with van der Waals surface area (Å²) in [5.41, 5.74) is 9.51. The van der Waals surface area contributed by atoms with Gasteiger partial charge in [0.05, 0.1) is 11.1 Å². The molecule has 18 heavy (non-hydrogen) atoms. The lowest BCUT2D eigenvalue weighted by Gasteiger charge is -2.15. The Labute approximate surface area is 113 Å². The number of rotatable bonds is 3. The fourth-order valence-corrected chi connectivity index (χ4v) is 2.14.